The van der Waals surface area contributed by atoms with E-state index in [0.717, 1.165) is 6.42 Å². The van der Waals surface area contributed by atoms with Crippen molar-refractivity contribution < 1.29 is 17.9 Å². The largest absolute Gasteiger partial charge is 0.493 e. The lowest BCUT2D eigenvalue weighted by atomic mass is 10.2. The van der Waals surface area contributed by atoms with Crippen LogP contribution in [0.15, 0.2) is 17.0 Å². The summed E-state index contributed by atoms with van der Waals surface area (Å²) in [4.78, 5) is 0.213. The van der Waals surface area contributed by atoms with Gasteiger partial charge in [0.05, 0.1) is 19.1 Å². The van der Waals surface area contributed by atoms with E-state index in [1.807, 2.05) is 13.8 Å². The van der Waals surface area contributed by atoms with E-state index < -0.39 is 10.0 Å². The molecule has 1 aromatic carbocycles. The van der Waals surface area contributed by atoms with E-state index in [1.165, 1.54) is 20.3 Å². The summed E-state index contributed by atoms with van der Waals surface area (Å²) in [5.74, 6) is 0.917. The van der Waals surface area contributed by atoms with E-state index >= 15 is 0 Å². The fourth-order valence-corrected chi connectivity index (χ4v) is 3.23. The van der Waals surface area contributed by atoms with Gasteiger partial charge in [-0.1, -0.05) is 6.92 Å². The number of ether oxygens (including phenoxy) is 2. The minimum Gasteiger partial charge on any atom is -0.493 e. The third-order valence-electron chi connectivity index (χ3n) is 2.94. The zero-order chi connectivity index (χ0) is 14.6. The summed E-state index contributed by atoms with van der Waals surface area (Å²) in [6.45, 7) is 5.48. The van der Waals surface area contributed by atoms with Crippen LogP contribution in [0.3, 0.4) is 0 Å². The highest BCUT2D eigenvalue weighted by molar-refractivity contribution is 7.89. The van der Waals surface area contributed by atoms with E-state index in [0.29, 0.717) is 17.1 Å². The molecule has 1 aromatic rings. The summed E-state index contributed by atoms with van der Waals surface area (Å²) in [6, 6.07) is 3.03. The van der Waals surface area contributed by atoms with E-state index in [-0.39, 0.29) is 10.9 Å². The standard InChI is InChI=1S/C13H21NO4S/c1-6-10(3)14-19(15,16)13-8-12(18-5)11(17-4)7-9(13)2/h7-8,10,14H,6H2,1-5H3/t10-/m0/s1. The molecule has 1 rings (SSSR count). The van der Waals surface area contributed by atoms with Crippen LogP contribution in [0.4, 0.5) is 0 Å². The summed E-state index contributed by atoms with van der Waals surface area (Å²) in [5.41, 5.74) is 0.619. The maximum atomic E-state index is 12.3. The lowest BCUT2D eigenvalue weighted by Crippen LogP contribution is -2.32. The van der Waals surface area contributed by atoms with Crippen molar-refractivity contribution in [2.75, 3.05) is 14.2 Å². The highest BCUT2D eigenvalue weighted by Crippen LogP contribution is 2.32. The predicted octanol–water partition coefficient (Wildman–Crippen LogP) is 2.09. The molecule has 5 nitrogen and oxygen atoms in total. The van der Waals surface area contributed by atoms with Gasteiger partial charge in [-0.05, 0) is 31.9 Å². The summed E-state index contributed by atoms with van der Waals surface area (Å²) in [7, 11) is -0.551. The molecule has 6 heteroatoms. The SMILES string of the molecule is CC[C@H](C)NS(=O)(=O)c1cc(OC)c(OC)cc1C. The van der Waals surface area contributed by atoms with E-state index in [4.69, 9.17) is 9.47 Å². The fraction of sp³-hybridized carbons (Fsp3) is 0.538. The second-order valence-corrected chi connectivity index (χ2v) is 6.09. The lowest BCUT2D eigenvalue weighted by Gasteiger charge is -2.16. The van der Waals surface area contributed by atoms with Gasteiger partial charge in [-0.3, -0.25) is 0 Å². The van der Waals surface area contributed by atoms with Crippen LogP contribution >= 0.6 is 0 Å². The van der Waals surface area contributed by atoms with Gasteiger partial charge in [0, 0.05) is 12.1 Å². The Labute approximate surface area is 115 Å². The van der Waals surface area contributed by atoms with E-state index in [9.17, 15) is 8.42 Å². The Morgan fingerprint density at radius 1 is 1.21 bits per heavy atom. The molecule has 0 aliphatic carbocycles. The summed E-state index contributed by atoms with van der Waals surface area (Å²) < 4.78 is 37.5. The molecular formula is C13H21NO4S. The summed E-state index contributed by atoms with van der Waals surface area (Å²) in [6.07, 6.45) is 0.728. The quantitative estimate of drug-likeness (QED) is 0.870. The monoisotopic (exact) mass is 287 g/mol. The molecule has 0 radical (unpaired) electrons. The highest BCUT2D eigenvalue weighted by Gasteiger charge is 2.21. The second-order valence-electron chi connectivity index (χ2n) is 4.40. The minimum absolute atomic E-state index is 0.113. The zero-order valence-corrected chi connectivity index (χ0v) is 12.8. The molecule has 0 unspecified atom stereocenters. The Morgan fingerprint density at radius 3 is 2.21 bits per heavy atom. The van der Waals surface area contributed by atoms with Crippen molar-refractivity contribution in [2.45, 2.75) is 38.1 Å². The molecule has 1 atom stereocenters. The third kappa shape index (κ3) is 3.61. The molecule has 0 aromatic heterocycles. The topological polar surface area (TPSA) is 64.6 Å². The van der Waals surface area contributed by atoms with Crippen molar-refractivity contribution in [1.29, 1.82) is 0 Å². The molecule has 0 aliphatic rings. The molecule has 0 heterocycles. The molecule has 0 fully saturated rings. The number of benzene rings is 1. The van der Waals surface area contributed by atoms with Crippen LogP contribution in [0.1, 0.15) is 25.8 Å². The van der Waals surface area contributed by atoms with Gasteiger partial charge in [-0.2, -0.15) is 0 Å². The number of hydrogen-bond donors (Lipinski definition) is 1. The smallest absolute Gasteiger partial charge is 0.241 e. The average molecular weight is 287 g/mol. The van der Waals surface area contributed by atoms with Gasteiger partial charge in [-0.25, -0.2) is 13.1 Å². The van der Waals surface area contributed by atoms with Gasteiger partial charge in [-0.15, -0.1) is 0 Å². The molecule has 0 spiro atoms. The molecule has 108 valence electrons. The maximum absolute atomic E-state index is 12.3. The second kappa shape index (κ2) is 6.25. The van der Waals surface area contributed by atoms with Crippen LogP contribution in [0, 0.1) is 6.92 Å². The first kappa shape index (κ1) is 15.8. The van der Waals surface area contributed by atoms with Crippen LogP contribution in [0.5, 0.6) is 11.5 Å². The van der Waals surface area contributed by atoms with Gasteiger partial charge >= 0.3 is 0 Å². The number of methoxy groups -OCH3 is 2. The first-order valence-corrected chi connectivity index (χ1v) is 7.59. The minimum atomic E-state index is -3.55. The predicted molar refractivity (Wildman–Crippen MR) is 74.4 cm³/mol. The Hall–Kier alpha value is -1.27. The Morgan fingerprint density at radius 2 is 1.74 bits per heavy atom. The van der Waals surface area contributed by atoms with Crippen molar-refractivity contribution in [3.05, 3.63) is 17.7 Å². The van der Waals surface area contributed by atoms with Crippen molar-refractivity contribution in [3.63, 3.8) is 0 Å². The van der Waals surface area contributed by atoms with Crippen LogP contribution in [0.25, 0.3) is 0 Å². The van der Waals surface area contributed by atoms with Crippen LogP contribution in [0.2, 0.25) is 0 Å². The fourth-order valence-electron chi connectivity index (χ4n) is 1.66. The van der Waals surface area contributed by atoms with Crippen LogP contribution in [-0.4, -0.2) is 28.7 Å². The normalized spacial score (nSPS) is 13.1. The Bertz CT molecular complexity index is 540. The number of nitrogens with one attached hydrogen (secondary N) is 1. The molecule has 0 saturated heterocycles. The molecule has 0 saturated carbocycles. The van der Waals surface area contributed by atoms with E-state index in [2.05, 4.69) is 4.72 Å². The maximum Gasteiger partial charge on any atom is 0.241 e. The third-order valence-corrected chi connectivity index (χ3v) is 4.67. The van der Waals surface area contributed by atoms with Gasteiger partial charge < -0.3 is 9.47 Å². The average Bonchev–Trinajstić information content (AvgIpc) is 2.37. The zero-order valence-electron chi connectivity index (χ0n) is 12.0. The summed E-state index contributed by atoms with van der Waals surface area (Å²) in [5, 5.41) is 0. The summed E-state index contributed by atoms with van der Waals surface area (Å²) >= 11 is 0. The first-order valence-electron chi connectivity index (χ1n) is 6.10. The van der Waals surface area contributed by atoms with Crippen molar-refractivity contribution in [2.24, 2.45) is 0 Å². The molecule has 0 bridgehead atoms. The van der Waals surface area contributed by atoms with Crippen LogP contribution in [-0.2, 0) is 10.0 Å². The number of aryl methyl sites for hydroxylation is 1. The lowest BCUT2D eigenvalue weighted by molar-refractivity contribution is 0.353. The first-order chi connectivity index (χ1) is 8.85. The Kier molecular flexibility index (Phi) is 5.20. The molecule has 19 heavy (non-hydrogen) atoms. The van der Waals surface area contributed by atoms with Gasteiger partial charge in [0.2, 0.25) is 10.0 Å². The molecular weight excluding hydrogens is 266 g/mol. The molecule has 0 amide bonds. The van der Waals surface area contributed by atoms with Crippen molar-refractivity contribution in [3.8, 4) is 11.5 Å². The van der Waals surface area contributed by atoms with Gasteiger partial charge in [0.25, 0.3) is 0 Å². The van der Waals surface area contributed by atoms with Crippen LogP contribution < -0.4 is 14.2 Å². The highest BCUT2D eigenvalue weighted by atomic mass is 32.2. The number of rotatable bonds is 6. The van der Waals surface area contributed by atoms with Crippen molar-refractivity contribution in [1.82, 2.24) is 4.72 Å². The number of hydrogen-bond acceptors (Lipinski definition) is 4. The van der Waals surface area contributed by atoms with Crippen molar-refractivity contribution >= 4 is 10.0 Å². The number of sulfonamides is 1. The Balaban J connectivity index is 3.27. The van der Waals surface area contributed by atoms with Gasteiger partial charge in [0.15, 0.2) is 11.5 Å². The molecule has 0 aliphatic heterocycles. The van der Waals surface area contributed by atoms with Gasteiger partial charge in [0.1, 0.15) is 0 Å². The molecule has 1 N–H and O–H groups in total. The van der Waals surface area contributed by atoms with E-state index in [1.54, 1.807) is 13.0 Å².